The van der Waals surface area contributed by atoms with E-state index in [1.807, 2.05) is 15.9 Å². The van der Waals surface area contributed by atoms with Gasteiger partial charge in [0.2, 0.25) is 0 Å². The SMILES string of the molecule is C=C/C=C(\C=C(/N)N1CCOCC1)C(=O)N1C[C@H](c2ccc(Cl)c(Cl)c2)[C@@H](N(C)Cc2ccc(C(F)(F)F)c(F)c2)C1. The average molecular weight is 628 g/mol. The van der Waals surface area contributed by atoms with Crippen molar-refractivity contribution in [2.75, 3.05) is 46.4 Å². The number of halogens is 6. The number of hydrogen-bond donors (Lipinski definition) is 1. The highest BCUT2D eigenvalue weighted by Gasteiger charge is 2.39. The quantitative estimate of drug-likeness (QED) is 0.227. The minimum Gasteiger partial charge on any atom is -0.385 e. The van der Waals surface area contributed by atoms with Crippen LogP contribution >= 0.6 is 23.2 Å². The summed E-state index contributed by atoms with van der Waals surface area (Å²) in [6.07, 6.45) is -0.0288. The van der Waals surface area contributed by atoms with Crippen LogP contribution in [0.5, 0.6) is 0 Å². The van der Waals surface area contributed by atoms with Gasteiger partial charge in [0.05, 0.1) is 34.6 Å². The van der Waals surface area contributed by atoms with Gasteiger partial charge in [-0.05, 0) is 54.6 Å². The van der Waals surface area contributed by atoms with Crippen LogP contribution in [-0.4, -0.2) is 73.1 Å². The smallest absolute Gasteiger partial charge is 0.385 e. The zero-order valence-electron chi connectivity index (χ0n) is 23.0. The highest BCUT2D eigenvalue weighted by Crippen LogP contribution is 2.36. The number of alkyl halides is 3. The van der Waals surface area contributed by atoms with Gasteiger partial charge < -0.3 is 20.3 Å². The summed E-state index contributed by atoms with van der Waals surface area (Å²) in [6, 6.07) is 7.90. The van der Waals surface area contributed by atoms with E-state index in [9.17, 15) is 22.4 Å². The number of nitrogens with zero attached hydrogens (tertiary/aromatic N) is 3. The van der Waals surface area contributed by atoms with Gasteiger partial charge in [-0.2, -0.15) is 13.2 Å². The first-order valence-corrected chi connectivity index (χ1v) is 14.1. The predicted octanol–water partition coefficient (Wildman–Crippen LogP) is 5.82. The number of nitrogens with two attached hydrogens (primary N) is 1. The largest absolute Gasteiger partial charge is 0.419 e. The number of benzene rings is 2. The van der Waals surface area contributed by atoms with Crippen molar-refractivity contribution < 1.29 is 27.1 Å². The maximum Gasteiger partial charge on any atom is 0.419 e. The van der Waals surface area contributed by atoms with Gasteiger partial charge in [-0.25, -0.2) is 4.39 Å². The highest BCUT2D eigenvalue weighted by atomic mass is 35.5. The van der Waals surface area contributed by atoms with E-state index >= 15 is 0 Å². The van der Waals surface area contributed by atoms with Gasteiger partial charge in [0, 0.05) is 50.3 Å². The van der Waals surface area contributed by atoms with E-state index in [1.165, 1.54) is 12.1 Å². The minimum atomic E-state index is -4.78. The molecule has 2 atom stereocenters. The second-order valence-electron chi connectivity index (χ2n) is 10.3. The fourth-order valence-electron chi connectivity index (χ4n) is 5.32. The molecule has 42 heavy (non-hydrogen) atoms. The molecule has 12 heteroatoms. The first-order valence-electron chi connectivity index (χ1n) is 13.3. The second-order valence-corrected chi connectivity index (χ2v) is 11.1. The minimum absolute atomic E-state index is 0.152. The fourth-order valence-corrected chi connectivity index (χ4v) is 5.63. The summed E-state index contributed by atoms with van der Waals surface area (Å²) in [5, 5.41) is 0.745. The molecule has 4 rings (SSSR count). The molecule has 2 aromatic rings. The van der Waals surface area contributed by atoms with Crippen molar-refractivity contribution in [3.05, 3.63) is 105 Å². The van der Waals surface area contributed by atoms with Crippen LogP contribution in [0.3, 0.4) is 0 Å². The molecular formula is C30H32Cl2F4N4O2. The first kappa shape index (κ1) is 31.9. The summed E-state index contributed by atoms with van der Waals surface area (Å²) in [5.74, 6) is -1.37. The van der Waals surface area contributed by atoms with E-state index < -0.39 is 17.6 Å². The predicted molar refractivity (Wildman–Crippen MR) is 155 cm³/mol. The van der Waals surface area contributed by atoms with Crippen LogP contribution in [0.4, 0.5) is 17.6 Å². The molecule has 2 aliphatic heterocycles. The lowest BCUT2D eigenvalue weighted by Gasteiger charge is -2.29. The lowest BCUT2D eigenvalue weighted by Crippen LogP contribution is -2.39. The first-order chi connectivity index (χ1) is 19.9. The van der Waals surface area contributed by atoms with E-state index in [2.05, 4.69) is 6.58 Å². The van der Waals surface area contributed by atoms with Crippen molar-refractivity contribution in [1.29, 1.82) is 0 Å². The molecule has 2 fully saturated rings. The van der Waals surface area contributed by atoms with Crippen molar-refractivity contribution in [2.45, 2.75) is 24.7 Å². The van der Waals surface area contributed by atoms with E-state index in [-0.39, 0.29) is 24.4 Å². The van der Waals surface area contributed by atoms with Gasteiger partial charge in [0.1, 0.15) is 5.82 Å². The van der Waals surface area contributed by atoms with Crippen molar-refractivity contribution in [2.24, 2.45) is 5.73 Å². The van der Waals surface area contributed by atoms with Crippen molar-refractivity contribution in [1.82, 2.24) is 14.7 Å². The Balaban J connectivity index is 1.61. The Bertz CT molecular complexity index is 1380. The van der Waals surface area contributed by atoms with Crippen LogP contribution < -0.4 is 5.73 Å². The van der Waals surface area contributed by atoms with E-state index in [0.29, 0.717) is 66.4 Å². The molecular weight excluding hydrogens is 595 g/mol. The lowest BCUT2D eigenvalue weighted by atomic mass is 9.93. The third-order valence-electron chi connectivity index (χ3n) is 7.51. The van der Waals surface area contributed by atoms with Crippen molar-refractivity contribution >= 4 is 29.1 Å². The maximum atomic E-state index is 14.3. The Morgan fingerprint density at radius 3 is 2.45 bits per heavy atom. The van der Waals surface area contributed by atoms with Gasteiger partial charge >= 0.3 is 6.18 Å². The number of carbonyl (C=O) groups excluding carboxylic acids is 1. The monoisotopic (exact) mass is 626 g/mol. The summed E-state index contributed by atoms with van der Waals surface area (Å²) in [7, 11) is 1.79. The topological polar surface area (TPSA) is 62.0 Å². The van der Waals surface area contributed by atoms with Crippen LogP contribution in [0, 0.1) is 5.82 Å². The summed E-state index contributed by atoms with van der Waals surface area (Å²) in [5.41, 5.74) is 6.58. The van der Waals surface area contributed by atoms with Crippen LogP contribution in [-0.2, 0) is 22.3 Å². The zero-order chi connectivity index (χ0) is 30.6. The second kappa shape index (κ2) is 13.5. The van der Waals surface area contributed by atoms with Crippen LogP contribution in [0.1, 0.15) is 22.6 Å². The van der Waals surface area contributed by atoms with Gasteiger partial charge in [-0.1, -0.05) is 48.0 Å². The van der Waals surface area contributed by atoms with Gasteiger partial charge in [0.25, 0.3) is 5.91 Å². The molecule has 0 saturated carbocycles. The number of likely N-dealkylation sites (N-methyl/N-ethyl adjacent to an activating group) is 1. The molecule has 2 aromatic carbocycles. The van der Waals surface area contributed by atoms with E-state index in [4.69, 9.17) is 33.7 Å². The van der Waals surface area contributed by atoms with Gasteiger partial charge in [0.15, 0.2) is 0 Å². The third-order valence-corrected chi connectivity index (χ3v) is 8.25. The maximum absolute atomic E-state index is 14.3. The highest BCUT2D eigenvalue weighted by molar-refractivity contribution is 6.42. The Labute approximate surface area is 252 Å². The molecule has 1 amide bonds. The molecule has 2 heterocycles. The number of amides is 1. The zero-order valence-corrected chi connectivity index (χ0v) is 24.5. The Morgan fingerprint density at radius 2 is 1.83 bits per heavy atom. The van der Waals surface area contributed by atoms with E-state index in [0.717, 1.165) is 17.7 Å². The molecule has 6 nitrogen and oxygen atoms in total. The van der Waals surface area contributed by atoms with Gasteiger partial charge in [-0.3, -0.25) is 9.69 Å². The fraction of sp³-hybridized carbons (Fsp3) is 0.367. The van der Waals surface area contributed by atoms with Crippen molar-refractivity contribution in [3.8, 4) is 0 Å². The standard InChI is InChI=1S/C30H32Cl2F4N4O2/c1-3-4-21(15-28(37)39-9-11-42-12-10-39)29(41)40-17-22(20-6-8-24(31)25(32)14-20)27(18-40)38(2)16-19-5-7-23(26(33)13-19)30(34,35)36/h3-8,13-15,22,27H,1,9-12,16-18,37H2,2H3/b21-4+,28-15+/t22-,27+/m1/s1. The average Bonchev–Trinajstić information content (AvgIpc) is 3.39. The molecule has 0 bridgehead atoms. The lowest BCUT2D eigenvalue weighted by molar-refractivity contribution is -0.140. The number of ether oxygens (including phenoxy) is 1. The number of allylic oxidation sites excluding steroid dienone is 2. The summed E-state index contributed by atoms with van der Waals surface area (Å²) < 4.78 is 58.9. The number of hydrogen-bond acceptors (Lipinski definition) is 5. The van der Waals surface area contributed by atoms with Gasteiger partial charge in [-0.15, -0.1) is 0 Å². The third kappa shape index (κ3) is 7.47. The van der Waals surface area contributed by atoms with Crippen LogP contribution in [0.15, 0.2) is 72.6 Å². The Kier molecular flexibility index (Phi) is 10.2. The van der Waals surface area contributed by atoms with Crippen LogP contribution in [0.2, 0.25) is 10.0 Å². The number of morpholine rings is 1. The molecule has 2 aliphatic rings. The molecule has 0 aliphatic carbocycles. The molecule has 0 unspecified atom stereocenters. The normalized spacial score (nSPS) is 20.4. The number of rotatable bonds is 8. The number of carbonyl (C=O) groups is 1. The summed E-state index contributed by atoms with van der Waals surface area (Å²) >= 11 is 12.5. The van der Waals surface area contributed by atoms with Crippen molar-refractivity contribution in [3.63, 3.8) is 0 Å². The number of likely N-dealkylation sites (tertiary alicyclic amines) is 1. The molecule has 2 saturated heterocycles. The Morgan fingerprint density at radius 1 is 1.12 bits per heavy atom. The van der Waals surface area contributed by atoms with Crippen LogP contribution in [0.25, 0.3) is 0 Å². The molecule has 0 aromatic heterocycles. The summed E-state index contributed by atoms with van der Waals surface area (Å²) in [6.45, 7) is 6.81. The molecule has 2 N–H and O–H groups in total. The molecule has 0 spiro atoms. The molecule has 0 radical (unpaired) electrons. The Hall–Kier alpha value is -3.05. The summed E-state index contributed by atoms with van der Waals surface area (Å²) in [4.78, 5) is 19.3. The van der Waals surface area contributed by atoms with E-state index in [1.54, 1.807) is 36.2 Å². The molecule has 226 valence electrons.